The summed E-state index contributed by atoms with van der Waals surface area (Å²) in [5, 5.41) is 0. The molecule has 2 aromatic carbocycles. The van der Waals surface area contributed by atoms with Crippen molar-refractivity contribution in [1.82, 2.24) is 0 Å². The Bertz CT molecular complexity index is 509. The minimum Gasteiger partial charge on any atom is -0.492 e. The molecule has 0 radical (unpaired) electrons. The quantitative estimate of drug-likeness (QED) is 0.897. The Morgan fingerprint density at radius 2 is 1.42 bits per heavy atom. The molecule has 19 heavy (non-hydrogen) atoms. The molecule has 1 atom stereocenters. The Hall–Kier alpha value is -2.07. The van der Waals surface area contributed by atoms with Crippen molar-refractivity contribution in [2.45, 2.75) is 13.0 Å². The maximum atomic E-state index is 12.7. The van der Waals surface area contributed by atoms with Gasteiger partial charge in [0.15, 0.2) is 0 Å². The molecule has 2 rings (SSSR count). The van der Waals surface area contributed by atoms with E-state index in [-0.39, 0.29) is 11.9 Å². The second kappa shape index (κ2) is 6.20. The highest BCUT2D eigenvalue weighted by molar-refractivity contribution is 5.35. The summed E-state index contributed by atoms with van der Waals surface area (Å²) in [7, 11) is 0. The molecular formula is C15H16FNO2. The normalized spacial score (nSPS) is 11.9. The van der Waals surface area contributed by atoms with Crippen LogP contribution in [0.1, 0.15) is 6.92 Å². The highest BCUT2D eigenvalue weighted by Crippen LogP contribution is 2.23. The molecular weight excluding hydrogens is 245 g/mol. The maximum absolute atomic E-state index is 12.7. The second-order valence-electron chi connectivity index (χ2n) is 4.32. The number of hydrogen-bond acceptors (Lipinski definition) is 3. The van der Waals surface area contributed by atoms with Gasteiger partial charge in [0.05, 0.1) is 0 Å². The summed E-state index contributed by atoms with van der Waals surface area (Å²) in [5.74, 6) is 1.71. The fraction of sp³-hybridized carbons (Fsp3) is 0.200. The Morgan fingerprint density at radius 3 is 1.95 bits per heavy atom. The number of nitrogens with two attached hydrogens (primary N) is 1. The predicted octanol–water partition coefficient (Wildman–Crippen LogP) is 3.34. The fourth-order valence-corrected chi connectivity index (χ4v) is 1.47. The second-order valence-corrected chi connectivity index (χ2v) is 4.32. The maximum Gasteiger partial charge on any atom is 0.127 e. The fourth-order valence-electron chi connectivity index (χ4n) is 1.47. The van der Waals surface area contributed by atoms with E-state index in [4.69, 9.17) is 15.2 Å². The third-order valence-corrected chi connectivity index (χ3v) is 2.39. The lowest BCUT2D eigenvalue weighted by molar-refractivity contribution is 0.296. The van der Waals surface area contributed by atoms with Crippen molar-refractivity contribution in [2.75, 3.05) is 6.61 Å². The highest BCUT2D eigenvalue weighted by atomic mass is 19.1. The Kier molecular flexibility index (Phi) is 4.36. The first kappa shape index (κ1) is 13.4. The zero-order chi connectivity index (χ0) is 13.7. The molecule has 0 amide bonds. The Morgan fingerprint density at radius 1 is 0.947 bits per heavy atom. The average molecular weight is 261 g/mol. The highest BCUT2D eigenvalue weighted by Gasteiger charge is 2.00. The molecule has 0 fully saturated rings. The summed E-state index contributed by atoms with van der Waals surface area (Å²) >= 11 is 0. The standard InChI is InChI=1S/C15H16FNO2/c1-11(17)10-18-13-6-8-15(9-7-13)19-14-4-2-12(16)3-5-14/h2-9,11H,10,17H2,1H3. The van der Waals surface area contributed by atoms with Gasteiger partial charge >= 0.3 is 0 Å². The van der Waals surface area contributed by atoms with Crippen molar-refractivity contribution in [1.29, 1.82) is 0 Å². The van der Waals surface area contributed by atoms with Gasteiger partial charge in [-0.25, -0.2) is 4.39 Å². The smallest absolute Gasteiger partial charge is 0.127 e. The molecule has 0 aliphatic carbocycles. The first-order chi connectivity index (χ1) is 9.13. The van der Waals surface area contributed by atoms with E-state index in [1.165, 1.54) is 12.1 Å². The van der Waals surface area contributed by atoms with Crippen molar-refractivity contribution in [2.24, 2.45) is 5.73 Å². The molecule has 2 N–H and O–H groups in total. The molecule has 0 saturated heterocycles. The van der Waals surface area contributed by atoms with E-state index in [1.807, 2.05) is 6.92 Å². The van der Waals surface area contributed by atoms with E-state index >= 15 is 0 Å². The molecule has 0 heterocycles. The predicted molar refractivity (Wildman–Crippen MR) is 72.1 cm³/mol. The lowest BCUT2D eigenvalue weighted by Gasteiger charge is -2.10. The number of halogens is 1. The van der Waals surface area contributed by atoms with Crippen LogP contribution in [0.5, 0.6) is 17.2 Å². The molecule has 0 aliphatic heterocycles. The molecule has 100 valence electrons. The number of benzene rings is 2. The van der Waals surface area contributed by atoms with Crippen LogP contribution in [0.25, 0.3) is 0 Å². The zero-order valence-electron chi connectivity index (χ0n) is 10.7. The first-order valence-corrected chi connectivity index (χ1v) is 6.05. The largest absolute Gasteiger partial charge is 0.492 e. The minimum absolute atomic E-state index is 0.00450. The van der Waals surface area contributed by atoms with Crippen LogP contribution in [0.15, 0.2) is 48.5 Å². The molecule has 2 aromatic rings. The van der Waals surface area contributed by atoms with Crippen LogP contribution in [-0.2, 0) is 0 Å². The van der Waals surface area contributed by atoms with Crippen molar-refractivity contribution in [3.63, 3.8) is 0 Å². The van der Waals surface area contributed by atoms with Crippen molar-refractivity contribution < 1.29 is 13.9 Å². The van der Waals surface area contributed by atoms with Crippen LogP contribution in [0, 0.1) is 5.82 Å². The number of hydrogen-bond donors (Lipinski definition) is 1. The third-order valence-electron chi connectivity index (χ3n) is 2.39. The molecule has 0 saturated carbocycles. The molecule has 0 bridgehead atoms. The number of ether oxygens (including phenoxy) is 2. The number of rotatable bonds is 5. The summed E-state index contributed by atoms with van der Waals surface area (Å²) in [6, 6.07) is 13.1. The molecule has 0 aromatic heterocycles. The van der Waals surface area contributed by atoms with Crippen LogP contribution >= 0.6 is 0 Å². The van der Waals surface area contributed by atoms with Gasteiger partial charge in [0, 0.05) is 6.04 Å². The average Bonchev–Trinajstić information content (AvgIpc) is 2.40. The Balaban J connectivity index is 1.96. The van der Waals surface area contributed by atoms with E-state index < -0.39 is 0 Å². The van der Waals surface area contributed by atoms with Gasteiger partial charge in [-0.3, -0.25) is 0 Å². The molecule has 0 spiro atoms. The van der Waals surface area contributed by atoms with E-state index in [0.717, 1.165) is 5.75 Å². The lowest BCUT2D eigenvalue weighted by Crippen LogP contribution is -2.23. The first-order valence-electron chi connectivity index (χ1n) is 6.05. The van der Waals surface area contributed by atoms with Gasteiger partial charge in [-0.2, -0.15) is 0 Å². The molecule has 3 nitrogen and oxygen atoms in total. The summed E-state index contributed by atoms with van der Waals surface area (Å²) in [6.45, 7) is 2.35. The van der Waals surface area contributed by atoms with E-state index in [0.29, 0.717) is 18.1 Å². The van der Waals surface area contributed by atoms with E-state index in [1.54, 1.807) is 36.4 Å². The summed E-state index contributed by atoms with van der Waals surface area (Å²) in [6.07, 6.45) is 0. The lowest BCUT2D eigenvalue weighted by atomic mass is 10.3. The van der Waals surface area contributed by atoms with Crippen molar-refractivity contribution in [3.05, 3.63) is 54.3 Å². The topological polar surface area (TPSA) is 44.5 Å². The molecule has 4 heteroatoms. The van der Waals surface area contributed by atoms with Gasteiger partial charge in [-0.1, -0.05) is 0 Å². The Labute approximate surface area is 111 Å². The molecule has 1 unspecified atom stereocenters. The van der Waals surface area contributed by atoms with Gasteiger partial charge < -0.3 is 15.2 Å². The van der Waals surface area contributed by atoms with Crippen molar-refractivity contribution in [3.8, 4) is 17.2 Å². The van der Waals surface area contributed by atoms with Gasteiger partial charge in [0.2, 0.25) is 0 Å². The zero-order valence-corrected chi connectivity index (χ0v) is 10.7. The van der Waals surface area contributed by atoms with Crippen LogP contribution in [0.2, 0.25) is 0 Å². The monoisotopic (exact) mass is 261 g/mol. The SMILES string of the molecule is CC(N)COc1ccc(Oc2ccc(F)cc2)cc1. The van der Waals surface area contributed by atoms with E-state index in [2.05, 4.69) is 0 Å². The van der Waals surface area contributed by atoms with Gasteiger partial charge in [-0.15, -0.1) is 0 Å². The van der Waals surface area contributed by atoms with Gasteiger partial charge in [0.1, 0.15) is 29.7 Å². The van der Waals surface area contributed by atoms with Gasteiger partial charge in [-0.05, 0) is 55.5 Å². The van der Waals surface area contributed by atoms with Crippen LogP contribution in [-0.4, -0.2) is 12.6 Å². The van der Waals surface area contributed by atoms with Gasteiger partial charge in [0.25, 0.3) is 0 Å². The third kappa shape index (κ3) is 4.26. The van der Waals surface area contributed by atoms with Crippen LogP contribution in [0.3, 0.4) is 0 Å². The summed E-state index contributed by atoms with van der Waals surface area (Å²) in [4.78, 5) is 0. The van der Waals surface area contributed by atoms with Crippen molar-refractivity contribution >= 4 is 0 Å². The summed E-state index contributed by atoms with van der Waals surface area (Å²) < 4.78 is 23.8. The van der Waals surface area contributed by atoms with Crippen LogP contribution < -0.4 is 15.2 Å². The van der Waals surface area contributed by atoms with E-state index in [9.17, 15) is 4.39 Å². The summed E-state index contributed by atoms with van der Waals surface area (Å²) in [5.41, 5.74) is 5.60. The molecule has 0 aliphatic rings. The minimum atomic E-state index is -0.285. The van der Waals surface area contributed by atoms with Crippen LogP contribution in [0.4, 0.5) is 4.39 Å².